The average molecular weight is 399 g/mol. The molecule has 10 heteroatoms. The summed E-state index contributed by atoms with van der Waals surface area (Å²) in [5, 5.41) is 11.0. The fraction of sp³-hybridized carbons (Fsp3) is 0.278. The van der Waals surface area contributed by atoms with E-state index in [2.05, 4.69) is 20.5 Å². The summed E-state index contributed by atoms with van der Waals surface area (Å²) in [7, 11) is 0. The van der Waals surface area contributed by atoms with Crippen LogP contribution < -0.4 is 14.8 Å². The van der Waals surface area contributed by atoms with Gasteiger partial charge in [0, 0.05) is 11.4 Å². The van der Waals surface area contributed by atoms with Crippen molar-refractivity contribution >= 4 is 29.4 Å². The Morgan fingerprint density at radius 3 is 2.86 bits per heavy atom. The van der Waals surface area contributed by atoms with Gasteiger partial charge in [-0.2, -0.15) is 0 Å². The number of aryl methyl sites for hydroxylation is 2. The topological polar surface area (TPSA) is 108 Å². The number of para-hydroxylation sites is 2. The van der Waals surface area contributed by atoms with Crippen molar-refractivity contribution in [1.82, 2.24) is 24.9 Å². The van der Waals surface area contributed by atoms with Crippen LogP contribution in [0, 0.1) is 13.8 Å². The number of carbonyl (C=O) groups is 2. The van der Waals surface area contributed by atoms with Gasteiger partial charge in [-0.05, 0) is 32.0 Å². The number of fused-ring (bicyclic) bond motifs is 2. The number of nitrogens with zero attached hydrogens (tertiary/aromatic N) is 4. The summed E-state index contributed by atoms with van der Waals surface area (Å²) < 4.78 is 12.9. The van der Waals surface area contributed by atoms with Gasteiger partial charge in [0.25, 0.3) is 11.7 Å². The third-order valence-corrected chi connectivity index (χ3v) is 4.99. The highest BCUT2D eigenvalue weighted by Crippen LogP contribution is 2.30. The van der Waals surface area contributed by atoms with Crippen molar-refractivity contribution in [3.63, 3.8) is 0 Å². The van der Waals surface area contributed by atoms with Gasteiger partial charge in [0.2, 0.25) is 12.0 Å². The highest BCUT2D eigenvalue weighted by Gasteiger charge is 2.28. The van der Waals surface area contributed by atoms with Crippen molar-refractivity contribution < 1.29 is 19.1 Å². The van der Waals surface area contributed by atoms with Gasteiger partial charge in [0.1, 0.15) is 6.61 Å². The van der Waals surface area contributed by atoms with Gasteiger partial charge in [-0.1, -0.05) is 23.9 Å². The summed E-state index contributed by atoms with van der Waals surface area (Å²) in [4.78, 5) is 28.8. The molecule has 1 N–H and O–H groups in total. The molecule has 0 spiro atoms. The molecule has 9 nitrogen and oxygen atoms in total. The van der Waals surface area contributed by atoms with E-state index in [-0.39, 0.29) is 12.4 Å². The van der Waals surface area contributed by atoms with E-state index in [1.165, 1.54) is 11.8 Å². The van der Waals surface area contributed by atoms with Crippen molar-refractivity contribution in [3.05, 3.63) is 41.7 Å². The van der Waals surface area contributed by atoms with E-state index in [0.29, 0.717) is 22.4 Å². The van der Waals surface area contributed by atoms with Gasteiger partial charge >= 0.3 is 0 Å². The molecule has 0 unspecified atom stereocenters. The first-order valence-electron chi connectivity index (χ1n) is 8.55. The second-order valence-electron chi connectivity index (χ2n) is 6.22. The van der Waals surface area contributed by atoms with Crippen LogP contribution in [0.1, 0.15) is 11.4 Å². The van der Waals surface area contributed by atoms with Gasteiger partial charge in [-0.15, -0.1) is 10.2 Å². The van der Waals surface area contributed by atoms with Gasteiger partial charge in [-0.25, -0.2) is 4.98 Å². The maximum atomic E-state index is 12.3. The minimum atomic E-state index is -0.882. The Morgan fingerprint density at radius 2 is 2.04 bits per heavy atom. The van der Waals surface area contributed by atoms with E-state index < -0.39 is 17.9 Å². The van der Waals surface area contributed by atoms with E-state index in [0.717, 1.165) is 11.4 Å². The first-order valence-corrected chi connectivity index (χ1v) is 9.54. The zero-order chi connectivity index (χ0) is 19.7. The van der Waals surface area contributed by atoms with Crippen LogP contribution >= 0.6 is 11.8 Å². The molecule has 0 saturated carbocycles. The van der Waals surface area contributed by atoms with Crippen LogP contribution in [0.2, 0.25) is 0 Å². The standard InChI is InChI=1S/C18H17N5O4S/c1-10-7-11(2)23-17(19-10)21-22-18(23)28-9-15(24)20-16(25)14-8-26-12-5-3-4-6-13(12)27-14/h3-7,14H,8-9H2,1-2H3,(H,20,24,25)/t14-/m0/s1. The lowest BCUT2D eigenvalue weighted by Gasteiger charge is -2.25. The third kappa shape index (κ3) is 3.63. The van der Waals surface area contributed by atoms with Gasteiger partial charge in [-0.3, -0.25) is 19.3 Å². The van der Waals surface area contributed by atoms with E-state index in [4.69, 9.17) is 9.47 Å². The maximum absolute atomic E-state index is 12.3. The molecular weight excluding hydrogens is 382 g/mol. The van der Waals surface area contributed by atoms with Gasteiger partial charge in [0.15, 0.2) is 16.7 Å². The molecule has 3 heterocycles. The van der Waals surface area contributed by atoms with E-state index >= 15 is 0 Å². The zero-order valence-electron chi connectivity index (χ0n) is 15.2. The van der Waals surface area contributed by atoms with Crippen LogP contribution in [0.25, 0.3) is 5.78 Å². The van der Waals surface area contributed by atoms with Gasteiger partial charge < -0.3 is 9.47 Å². The fourth-order valence-corrected chi connectivity index (χ4v) is 3.61. The van der Waals surface area contributed by atoms with Crippen LogP contribution in [0.3, 0.4) is 0 Å². The van der Waals surface area contributed by atoms with Crippen LogP contribution in [0.15, 0.2) is 35.5 Å². The molecule has 0 aliphatic carbocycles. The van der Waals surface area contributed by atoms with Crippen molar-refractivity contribution in [2.24, 2.45) is 0 Å². The maximum Gasteiger partial charge on any atom is 0.271 e. The molecule has 1 aliphatic heterocycles. The van der Waals surface area contributed by atoms with Crippen molar-refractivity contribution in [1.29, 1.82) is 0 Å². The summed E-state index contributed by atoms with van der Waals surface area (Å²) >= 11 is 1.17. The van der Waals surface area contributed by atoms with Crippen LogP contribution in [-0.2, 0) is 9.59 Å². The number of aromatic nitrogens is 4. The summed E-state index contributed by atoms with van der Waals surface area (Å²) in [5.41, 5.74) is 1.76. The molecule has 1 aromatic carbocycles. The molecule has 3 aromatic rings. The lowest BCUT2D eigenvalue weighted by Crippen LogP contribution is -2.46. The molecule has 1 aliphatic rings. The normalized spacial score (nSPS) is 15.4. The summed E-state index contributed by atoms with van der Waals surface area (Å²) in [6.45, 7) is 3.84. The monoisotopic (exact) mass is 399 g/mol. The van der Waals surface area contributed by atoms with Crippen molar-refractivity contribution in [2.75, 3.05) is 12.4 Å². The quantitative estimate of drug-likeness (QED) is 0.655. The molecule has 1 atom stereocenters. The molecule has 0 fully saturated rings. The van der Waals surface area contributed by atoms with Crippen molar-refractivity contribution in [2.45, 2.75) is 25.1 Å². The number of carbonyl (C=O) groups excluding carboxylic acids is 2. The molecule has 0 bridgehead atoms. The second kappa shape index (κ2) is 7.47. The number of imide groups is 1. The van der Waals surface area contributed by atoms with E-state index in [1.807, 2.05) is 26.0 Å². The third-order valence-electron chi connectivity index (χ3n) is 4.06. The van der Waals surface area contributed by atoms with Crippen molar-refractivity contribution in [3.8, 4) is 11.5 Å². The molecular formula is C18H17N5O4S. The largest absolute Gasteiger partial charge is 0.485 e. The predicted molar refractivity (Wildman–Crippen MR) is 100 cm³/mol. The molecule has 28 heavy (non-hydrogen) atoms. The lowest BCUT2D eigenvalue weighted by molar-refractivity contribution is -0.135. The summed E-state index contributed by atoms with van der Waals surface area (Å²) in [6, 6.07) is 8.97. The Hall–Kier alpha value is -3.14. The number of hydrogen-bond acceptors (Lipinski definition) is 8. The minimum absolute atomic E-state index is 0.00398. The Bertz CT molecular complexity index is 1070. The predicted octanol–water partition coefficient (Wildman–Crippen LogP) is 1.32. The molecule has 144 valence electrons. The van der Waals surface area contributed by atoms with E-state index in [9.17, 15) is 9.59 Å². The summed E-state index contributed by atoms with van der Waals surface area (Å²) in [5.74, 6) is 0.536. The fourth-order valence-electron chi connectivity index (χ4n) is 2.83. The highest BCUT2D eigenvalue weighted by molar-refractivity contribution is 7.99. The van der Waals surface area contributed by atoms with Crippen LogP contribution in [0.4, 0.5) is 0 Å². The Balaban J connectivity index is 1.36. The van der Waals surface area contributed by atoms with Gasteiger partial charge in [0.05, 0.1) is 5.75 Å². The number of thioether (sulfide) groups is 1. The SMILES string of the molecule is Cc1cc(C)n2c(SCC(=O)NC(=O)[C@@H]3COc4ccccc4O3)nnc2n1. The number of nitrogens with one attached hydrogen (secondary N) is 1. The molecule has 2 amide bonds. The lowest BCUT2D eigenvalue weighted by atomic mass is 10.2. The van der Waals surface area contributed by atoms with Crippen LogP contribution in [0.5, 0.6) is 11.5 Å². The number of ether oxygens (including phenoxy) is 2. The average Bonchev–Trinajstić information content (AvgIpc) is 3.09. The van der Waals surface area contributed by atoms with E-state index in [1.54, 1.807) is 22.6 Å². The first kappa shape index (κ1) is 18.2. The Labute approximate surface area is 164 Å². The highest BCUT2D eigenvalue weighted by atomic mass is 32.2. The Morgan fingerprint density at radius 1 is 1.25 bits per heavy atom. The molecule has 4 rings (SSSR count). The molecule has 2 aromatic heterocycles. The zero-order valence-corrected chi connectivity index (χ0v) is 16.0. The number of rotatable bonds is 4. The van der Waals surface area contributed by atoms with Crippen LogP contribution in [-0.4, -0.2) is 49.9 Å². The number of amides is 2. The Kier molecular flexibility index (Phi) is 4.86. The first-order chi connectivity index (χ1) is 13.5. The number of hydrogen-bond donors (Lipinski definition) is 1. The second-order valence-corrected chi connectivity index (χ2v) is 7.16. The molecule has 0 saturated heterocycles. The summed E-state index contributed by atoms with van der Waals surface area (Å²) in [6.07, 6.45) is -0.882. The number of benzene rings is 1. The minimum Gasteiger partial charge on any atom is -0.485 e. The molecule has 0 radical (unpaired) electrons. The smallest absolute Gasteiger partial charge is 0.271 e.